The van der Waals surface area contributed by atoms with Gasteiger partial charge in [0.05, 0.1) is 5.69 Å². The molecule has 19 heavy (non-hydrogen) atoms. The maximum Gasteiger partial charge on any atom is 0.207 e. The zero-order valence-electron chi connectivity index (χ0n) is 11.6. The molecule has 1 aliphatic rings. The summed E-state index contributed by atoms with van der Waals surface area (Å²) in [6, 6.07) is 10.9. The number of hydrogen-bond acceptors (Lipinski definition) is 2. The van der Waals surface area contributed by atoms with E-state index < -0.39 is 0 Å². The van der Waals surface area contributed by atoms with Gasteiger partial charge >= 0.3 is 0 Å². The minimum absolute atomic E-state index is 0.590. The van der Waals surface area contributed by atoms with Gasteiger partial charge < -0.3 is 9.88 Å². The zero-order chi connectivity index (χ0) is 13.2. The molecule has 1 aliphatic carbocycles. The van der Waals surface area contributed by atoms with Crippen LogP contribution < -0.4 is 5.32 Å². The fraction of sp³-hybridized carbons (Fsp3) is 0.438. The second-order valence-corrected chi connectivity index (χ2v) is 5.58. The lowest BCUT2D eigenvalue weighted by molar-refractivity contribution is 0.411. The number of nitrogens with zero attached hydrogens (tertiary/aromatic N) is 2. The van der Waals surface area contributed by atoms with Crippen molar-refractivity contribution in [2.75, 3.05) is 5.32 Å². The number of rotatable bonds is 3. The molecule has 0 amide bonds. The van der Waals surface area contributed by atoms with Crippen LogP contribution in [-0.4, -0.2) is 9.55 Å². The van der Waals surface area contributed by atoms with E-state index in [2.05, 4.69) is 47.0 Å². The van der Waals surface area contributed by atoms with E-state index in [1.165, 1.54) is 19.3 Å². The van der Waals surface area contributed by atoms with Gasteiger partial charge in [-0.3, -0.25) is 0 Å². The lowest BCUT2D eigenvalue weighted by atomic mass is 10.1. The van der Waals surface area contributed by atoms with Gasteiger partial charge in [-0.15, -0.1) is 0 Å². The number of anilines is 2. The van der Waals surface area contributed by atoms with Gasteiger partial charge in [-0.2, -0.15) is 0 Å². The predicted octanol–water partition coefficient (Wildman–Crippen LogP) is 4.30. The molecule has 100 valence electrons. The molecule has 0 aliphatic heterocycles. The van der Waals surface area contributed by atoms with Crippen LogP contribution in [0.1, 0.15) is 37.9 Å². The molecule has 0 bridgehead atoms. The average molecular weight is 255 g/mol. The second kappa shape index (κ2) is 5.08. The summed E-state index contributed by atoms with van der Waals surface area (Å²) in [5.41, 5.74) is 2.18. The Morgan fingerprint density at radius 1 is 1.21 bits per heavy atom. The predicted molar refractivity (Wildman–Crippen MR) is 78.7 cm³/mol. The molecule has 3 rings (SSSR count). The van der Waals surface area contributed by atoms with Crippen LogP contribution in [0.15, 0.2) is 36.5 Å². The summed E-state index contributed by atoms with van der Waals surface area (Å²) < 4.78 is 2.33. The van der Waals surface area contributed by atoms with Crippen LogP contribution in [0.5, 0.6) is 0 Å². The Morgan fingerprint density at radius 2 is 2.00 bits per heavy atom. The molecular weight excluding hydrogens is 234 g/mol. The molecule has 0 radical (unpaired) electrons. The highest BCUT2D eigenvalue weighted by Crippen LogP contribution is 2.37. The molecule has 1 aromatic heterocycles. The minimum Gasteiger partial charge on any atom is -0.326 e. The van der Waals surface area contributed by atoms with Gasteiger partial charge in [0.15, 0.2) is 0 Å². The Balaban J connectivity index is 1.89. The van der Waals surface area contributed by atoms with Crippen molar-refractivity contribution in [1.29, 1.82) is 0 Å². The third-order valence-electron chi connectivity index (χ3n) is 4.06. The number of para-hydroxylation sites is 1. The van der Waals surface area contributed by atoms with Crippen molar-refractivity contribution < 1.29 is 0 Å². The Kier molecular flexibility index (Phi) is 3.28. The monoisotopic (exact) mass is 255 g/mol. The largest absolute Gasteiger partial charge is 0.326 e. The van der Waals surface area contributed by atoms with E-state index in [-0.39, 0.29) is 0 Å². The van der Waals surface area contributed by atoms with Gasteiger partial charge in [-0.05, 0) is 37.8 Å². The Bertz CT molecular complexity index is 544. The van der Waals surface area contributed by atoms with Crippen molar-refractivity contribution in [3.05, 3.63) is 42.2 Å². The van der Waals surface area contributed by atoms with Crippen molar-refractivity contribution in [2.45, 2.75) is 39.2 Å². The highest BCUT2D eigenvalue weighted by Gasteiger charge is 2.26. The molecule has 0 saturated heterocycles. The van der Waals surface area contributed by atoms with E-state index in [1.807, 2.05) is 18.2 Å². The number of imidazole rings is 1. The fourth-order valence-electron chi connectivity index (χ4n) is 3.05. The molecule has 3 heteroatoms. The molecule has 1 N–H and O–H groups in total. The molecule has 1 aromatic carbocycles. The third-order valence-corrected chi connectivity index (χ3v) is 4.06. The van der Waals surface area contributed by atoms with Crippen LogP contribution >= 0.6 is 0 Å². The summed E-state index contributed by atoms with van der Waals surface area (Å²) in [6.07, 6.45) is 6.10. The summed E-state index contributed by atoms with van der Waals surface area (Å²) in [6.45, 7) is 4.41. The maximum absolute atomic E-state index is 4.64. The first-order valence-electron chi connectivity index (χ1n) is 7.11. The fourth-order valence-corrected chi connectivity index (χ4v) is 3.05. The van der Waals surface area contributed by atoms with E-state index in [1.54, 1.807) is 0 Å². The summed E-state index contributed by atoms with van der Waals surface area (Å²) >= 11 is 0. The number of aromatic nitrogens is 2. The van der Waals surface area contributed by atoms with E-state index in [9.17, 15) is 0 Å². The van der Waals surface area contributed by atoms with Gasteiger partial charge in [0.1, 0.15) is 0 Å². The first kappa shape index (κ1) is 12.3. The number of aryl methyl sites for hydroxylation is 1. The summed E-state index contributed by atoms with van der Waals surface area (Å²) in [5, 5.41) is 3.44. The molecule has 2 atom stereocenters. The zero-order valence-corrected chi connectivity index (χ0v) is 11.6. The molecular formula is C16H21N3. The van der Waals surface area contributed by atoms with Crippen molar-refractivity contribution in [2.24, 2.45) is 5.92 Å². The van der Waals surface area contributed by atoms with Gasteiger partial charge in [0.2, 0.25) is 5.95 Å². The van der Waals surface area contributed by atoms with E-state index in [0.717, 1.165) is 23.2 Å². The second-order valence-electron chi connectivity index (χ2n) is 5.58. The van der Waals surface area contributed by atoms with Gasteiger partial charge in [-0.25, -0.2) is 4.98 Å². The van der Waals surface area contributed by atoms with Crippen LogP contribution in [0.25, 0.3) is 0 Å². The lowest BCUT2D eigenvalue weighted by Crippen LogP contribution is -2.13. The van der Waals surface area contributed by atoms with Crippen LogP contribution in [0.3, 0.4) is 0 Å². The SMILES string of the molecule is Cc1cn(C2CCCC2C)c(Nc2ccccc2)n1. The standard InChI is InChI=1S/C16H21N3/c1-12-7-6-10-15(12)19-11-13(2)17-16(19)18-14-8-4-3-5-9-14/h3-5,8-9,11-12,15H,6-7,10H2,1-2H3,(H,17,18). The minimum atomic E-state index is 0.590. The van der Waals surface area contributed by atoms with E-state index >= 15 is 0 Å². The van der Waals surface area contributed by atoms with Crippen LogP contribution in [0.4, 0.5) is 11.6 Å². The molecule has 1 heterocycles. The first-order chi connectivity index (χ1) is 9.24. The quantitative estimate of drug-likeness (QED) is 0.886. The van der Waals surface area contributed by atoms with Gasteiger partial charge in [0, 0.05) is 17.9 Å². The highest BCUT2D eigenvalue weighted by atomic mass is 15.2. The topological polar surface area (TPSA) is 29.9 Å². The molecule has 2 aromatic rings. The van der Waals surface area contributed by atoms with Gasteiger partial charge in [-0.1, -0.05) is 31.5 Å². The van der Waals surface area contributed by atoms with E-state index in [4.69, 9.17) is 0 Å². The molecule has 1 saturated carbocycles. The van der Waals surface area contributed by atoms with Crippen molar-refractivity contribution in [1.82, 2.24) is 9.55 Å². The number of hydrogen-bond donors (Lipinski definition) is 1. The third kappa shape index (κ3) is 2.50. The number of nitrogens with one attached hydrogen (secondary N) is 1. The van der Waals surface area contributed by atoms with Crippen molar-refractivity contribution in [3.63, 3.8) is 0 Å². The normalized spacial score (nSPS) is 22.6. The molecule has 1 fully saturated rings. The number of benzene rings is 1. The molecule has 2 unspecified atom stereocenters. The summed E-state index contributed by atoms with van der Waals surface area (Å²) in [5.74, 6) is 1.72. The maximum atomic E-state index is 4.64. The lowest BCUT2D eigenvalue weighted by Gasteiger charge is -2.20. The molecule has 0 spiro atoms. The van der Waals surface area contributed by atoms with Crippen LogP contribution in [0.2, 0.25) is 0 Å². The smallest absolute Gasteiger partial charge is 0.207 e. The van der Waals surface area contributed by atoms with Crippen molar-refractivity contribution in [3.8, 4) is 0 Å². The van der Waals surface area contributed by atoms with Crippen molar-refractivity contribution >= 4 is 11.6 Å². The Labute approximate surface area is 114 Å². The van der Waals surface area contributed by atoms with E-state index in [0.29, 0.717) is 6.04 Å². The highest BCUT2D eigenvalue weighted by molar-refractivity contribution is 5.53. The molecule has 3 nitrogen and oxygen atoms in total. The van der Waals surface area contributed by atoms with Crippen LogP contribution in [0, 0.1) is 12.8 Å². The summed E-state index contributed by atoms with van der Waals surface area (Å²) in [7, 11) is 0. The first-order valence-corrected chi connectivity index (χ1v) is 7.11. The average Bonchev–Trinajstić information content (AvgIpc) is 2.97. The van der Waals surface area contributed by atoms with Crippen LogP contribution in [-0.2, 0) is 0 Å². The Hall–Kier alpha value is -1.77. The summed E-state index contributed by atoms with van der Waals surface area (Å²) in [4.78, 5) is 4.64. The Morgan fingerprint density at radius 3 is 2.68 bits per heavy atom. The van der Waals surface area contributed by atoms with Gasteiger partial charge in [0.25, 0.3) is 0 Å².